The van der Waals surface area contributed by atoms with Crippen molar-refractivity contribution < 1.29 is 14.3 Å². The smallest absolute Gasteiger partial charge is 0.223 e. The van der Waals surface area contributed by atoms with E-state index in [1.807, 2.05) is 23.1 Å². The molecular weight excluding hydrogens is 348 g/mol. The van der Waals surface area contributed by atoms with E-state index in [2.05, 4.69) is 6.92 Å². The number of hydrogen-bond acceptors (Lipinski definition) is 5. The van der Waals surface area contributed by atoms with E-state index in [1.165, 1.54) is 0 Å². The van der Waals surface area contributed by atoms with Crippen molar-refractivity contribution in [2.24, 2.45) is 11.7 Å². The van der Waals surface area contributed by atoms with Gasteiger partial charge in [0, 0.05) is 29.7 Å². The minimum Gasteiger partial charge on any atom is -0.486 e. The highest BCUT2D eigenvalue weighted by Crippen LogP contribution is 2.34. The molecule has 2 N–H and O–H groups in total. The van der Waals surface area contributed by atoms with Crippen LogP contribution in [0.1, 0.15) is 19.8 Å². The van der Waals surface area contributed by atoms with Crippen molar-refractivity contribution in [2.45, 2.75) is 30.7 Å². The SMILES string of the molecule is CC1CC(CN)CN1C(=O)CCSc1ccc2c(c1)OCCO2.Cl. The number of benzene rings is 1. The molecule has 134 valence electrons. The molecule has 2 aliphatic rings. The van der Waals surface area contributed by atoms with Gasteiger partial charge < -0.3 is 20.1 Å². The molecule has 0 bridgehead atoms. The molecule has 1 fully saturated rings. The van der Waals surface area contributed by atoms with Crippen molar-refractivity contribution in [3.8, 4) is 11.5 Å². The Balaban J connectivity index is 0.00000208. The van der Waals surface area contributed by atoms with E-state index in [4.69, 9.17) is 15.2 Å². The van der Waals surface area contributed by atoms with Crippen LogP contribution < -0.4 is 15.2 Å². The number of fused-ring (bicyclic) bond motifs is 1. The molecule has 2 aliphatic heterocycles. The molecule has 24 heavy (non-hydrogen) atoms. The molecule has 1 saturated heterocycles. The van der Waals surface area contributed by atoms with Crippen LogP contribution in [0.25, 0.3) is 0 Å². The molecular formula is C17H25ClN2O3S. The maximum absolute atomic E-state index is 12.4. The van der Waals surface area contributed by atoms with E-state index in [0.29, 0.717) is 38.1 Å². The zero-order chi connectivity index (χ0) is 16.2. The van der Waals surface area contributed by atoms with Crippen LogP contribution in [0.4, 0.5) is 0 Å². The van der Waals surface area contributed by atoms with Gasteiger partial charge in [0.1, 0.15) is 13.2 Å². The average Bonchev–Trinajstić information content (AvgIpc) is 2.96. The number of hydrogen-bond donors (Lipinski definition) is 1. The summed E-state index contributed by atoms with van der Waals surface area (Å²) in [7, 11) is 0. The summed E-state index contributed by atoms with van der Waals surface area (Å²) >= 11 is 1.68. The van der Waals surface area contributed by atoms with Crippen molar-refractivity contribution >= 4 is 30.1 Å². The van der Waals surface area contributed by atoms with Crippen LogP contribution >= 0.6 is 24.2 Å². The number of nitrogens with two attached hydrogens (primary N) is 1. The van der Waals surface area contributed by atoms with Gasteiger partial charge in [0.15, 0.2) is 11.5 Å². The van der Waals surface area contributed by atoms with Crippen molar-refractivity contribution in [3.05, 3.63) is 18.2 Å². The zero-order valence-electron chi connectivity index (χ0n) is 13.9. The molecule has 3 rings (SSSR count). The fourth-order valence-corrected chi connectivity index (χ4v) is 4.04. The first-order valence-electron chi connectivity index (χ1n) is 8.19. The van der Waals surface area contributed by atoms with Gasteiger partial charge in [0.05, 0.1) is 0 Å². The Kier molecular flexibility index (Phi) is 7.07. The number of ether oxygens (including phenoxy) is 2. The highest BCUT2D eigenvalue weighted by atomic mass is 35.5. The third kappa shape index (κ3) is 4.49. The van der Waals surface area contributed by atoms with Gasteiger partial charge in [-0.2, -0.15) is 0 Å². The van der Waals surface area contributed by atoms with E-state index in [0.717, 1.165) is 35.1 Å². The number of rotatable bonds is 5. The Labute approximate surface area is 153 Å². The summed E-state index contributed by atoms with van der Waals surface area (Å²) < 4.78 is 11.1. The number of nitrogens with zero attached hydrogens (tertiary/aromatic N) is 1. The summed E-state index contributed by atoms with van der Waals surface area (Å²) in [6.45, 7) is 4.79. The van der Waals surface area contributed by atoms with E-state index >= 15 is 0 Å². The van der Waals surface area contributed by atoms with E-state index in [9.17, 15) is 4.79 Å². The van der Waals surface area contributed by atoms with E-state index in [1.54, 1.807) is 11.8 Å². The highest BCUT2D eigenvalue weighted by molar-refractivity contribution is 7.99. The van der Waals surface area contributed by atoms with Crippen LogP contribution in [0.3, 0.4) is 0 Å². The minimum atomic E-state index is 0. The number of amides is 1. The maximum Gasteiger partial charge on any atom is 0.223 e. The average molecular weight is 373 g/mol. The Morgan fingerprint density at radius 1 is 1.33 bits per heavy atom. The Bertz CT molecular complexity index is 573. The summed E-state index contributed by atoms with van der Waals surface area (Å²) in [6.07, 6.45) is 1.58. The van der Waals surface area contributed by atoms with Crippen molar-refractivity contribution in [1.29, 1.82) is 0 Å². The first-order chi connectivity index (χ1) is 11.2. The summed E-state index contributed by atoms with van der Waals surface area (Å²) in [5, 5.41) is 0. The first-order valence-corrected chi connectivity index (χ1v) is 9.18. The van der Waals surface area contributed by atoms with Crippen molar-refractivity contribution in [3.63, 3.8) is 0 Å². The minimum absolute atomic E-state index is 0. The molecule has 1 aromatic rings. The Morgan fingerprint density at radius 3 is 2.79 bits per heavy atom. The summed E-state index contributed by atoms with van der Waals surface area (Å²) in [5.41, 5.74) is 5.73. The molecule has 2 atom stereocenters. The highest BCUT2D eigenvalue weighted by Gasteiger charge is 2.31. The summed E-state index contributed by atoms with van der Waals surface area (Å²) in [5.74, 6) is 3.06. The second kappa shape index (κ2) is 8.83. The number of likely N-dealkylation sites (tertiary alicyclic amines) is 1. The molecule has 7 heteroatoms. The fraction of sp³-hybridized carbons (Fsp3) is 0.588. The molecule has 1 aromatic carbocycles. The largest absolute Gasteiger partial charge is 0.486 e. The van der Waals surface area contributed by atoms with Gasteiger partial charge in [-0.3, -0.25) is 4.79 Å². The van der Waals surface area contributed by atoms with Crippen LogP contribution in [0, 0.1) is 5.92 Å². The van der Waals surface area contributed by atoms with Crippen molar-refractivity contribution in [1.82, 2.24) is 4.90 Å². The van der Waals surface area contributed by atoms with Gasteiger partial charge in [-0.25, -0.2) is 0 Å². The van der Waals surface area contributed by atoms with Gasteiger partial charge in [0.25, 0.3) is 0 Å². The van der Waals surface area contributed by atoms with Crippen LogP contribution in [0.15, 0.2) is 23.1 Å². The number of halogens is 1. The third-order valence-corrected chi connectivity index (χ3v) is 5.41. The molecule has 0 aliphatic carbocycles. The lowest BCUT2D eigenvalue weighted by molar-refractivity contribution is -0.131. The van der Waals surface area contributed by atoms with Gasteiger partial charge in [0.2, 0.25) is 5.91 Å². The summed E-state index contributed by atoms with van der Waals surface area (Å²) in [6, 6.07) is 6.26. The number of carbonyl (C=O) groups excluding carboxylic acids is 1. The second-order valence-corrected chi connectivity index (χ2v) is 7.30. The maximum atomic E-state index is 12.4. The predicted octanol–water partition coefficient (Wildman–Crippen LogP) is 2.56. The zero-order valence-corrected chi connectivity index (χ0v) is 15.5. The molecule has 0 radical (unpaired) electrons. The van der Waals surface area contributed by atoms with Gasteiger partial charge in [-0.05, 0) is 44.0 Å². The summed E-state index contributed by atoms with van der Waals surface area (Å²) in [4.78, 5) is 15.5. The van der Waals surface area contributed by atoms with Crippen LogP contribution in [0.5, 0.6) is 11.5 Å². The number of thioether (sulfide) groups is 1. The van der Waals surface area contributed by atoms with E-state index < -0.39 is 0 Å². The lowest BCUT2D eigenvalue weighted by Crippen LogP contribution is -2.34. The fourth-order valence-electron chi connectivity index (χ4n) is 3.17. The van der Waals surface area contributed by atoms with Gasteiger partial charge in [-0.1, -0.05) is 0 Å². The second-order valence-electron chi connectivity index (χ2n) is 6.14. The van der Waals surface area contributed by atoms with Crippen molar-refractivity contribution in [2.75, 3.05) is 32.1 Å². The quantitative estimate of drug-likeness (QED) is 0.805. The lowest BCUT2D eigenvalue weighted by Gasteiger charge is -2.21. The van der Waals surface area contributed by atoms with Crippen LogP contribution in [-0.2, 0) is 4.79 Å². The Hall–Kier alpha value is -1.11. The Morgan fingerprint density at radius 2 is 2.08 bits per heavy atom. The van der Waals surface area contributed by atoms with Gasteiger partial charge >= 0.3 is 0 Å². The van der Waals surface area contributed by atoms with Gasteiger partial charge in [-0.15, -0.1) is 24.2 Å². The normalized spacial score (nSPS) is 22.2. The molecule has 0 aromatic heterocycles. The van der Waals surface area contributed by atoms with E-state index in [-0.39, 0.29) is 18.3 Å². The molecule has 1 amide bonds. The molecule has 5 nitrogen and oxygen atoms in total. The molecule has 2 unspecified atom stereocenters. The topological polar surface area (TPSA) is 64.8 Å². The lowest BCUT2D eigenvalue weighted by atomic mass is 10.1. The number of carbonyl (C=O) groups is 1. The molecule has 2 heterocycles. The monoisotopic (exact) mass is 372 g/mol. The van der Waals surface area contributed by atoms with Crippen LogP contribution in [-0.4, -0.2) is 48.9 Å². The third-order valence-electron chi connectivity index (χ3n) is 4.41. The standard InChI is InChI=1S/C17H24N2O3S.ClH/c1-12-8-13(10-18)11-19(12)17(20)4-7-23-14-2-3-15-16(9-14)22-6-5-21-15;/h2-3,9,12-13H,4-8,10-11,18H2,1H3;1H. The van der Waals surface area contributed by atoms with Crippen LogP contribution in [0.2, 0.25) is 0 Å². The molecule has 0 saturated carbocycles. The predicted molar refractivity (Wildman–Crippen MR) is 98.4 cm³/mol. The molecule has 0 spiro atoms. The first kappa shape index (κ1) is 19.2.